The fourth-order valence-corrected chi connectivity index (χ4v) is 2.20. The largest absolute Gasteiger partial charge is 0.481 e. The van der Waals surface area contributed by atoms with Crippen LogP contribution in [0.4, 0.5) is 0 Å². The molecule has 0 bridgehead atoms. The predicted molar refractivity (Wildman–Crippen MR) is 69.3 cm³/mol. The molecule has 104 valence electrons. The molecule has 0 saturated carbocycles. The molecule has 5 nitrogen and oxygen atoms in total. The van der Waals surface area contributed by atoms with Crippen molar-refractivity contribution < 1.29 is 14.7 Å². The second-order valence-electron chi connectivity index (χ2n) is 6.03. The van der Waals surface area contributed by atoms with E-state index in [9.17, 15) is 9.59 Å². The summed E-state index contributed by atoms with van der Waals surface area (Å²) in [6, 6.07) is 0. The maximum absolute atomic E-state index is 11.7. The zero-order valence-corrected chi connectivity index (χ0v) is 11.5. The zero-order valence-electron chi connectivity index (χ0n) is 11.5. The molecule has 1 unspecified atom stereocenters. The fraction of sp³-hybridized carbons (Fsp3) is 0.846. The van der Waals surface area contributed by atoms with Gasteiger partial charge in [-0.25, -0.2) is 0 Å². The third-order valence-corrected chi connectivity index (χ3v) is 3.02. The number of carboxylic acids is 1. The average Bonchev–Trinajstić information content (AvgIpc) is 2.24. The minimum absolute atomic E-state index is 0.0277. The molecule has 1 aliphatic heterocycles. The minimum atomic E-state index is -0.723. The lowest BCUT2D eigenvalue weighted by molar-refractivity contribution is -0.143. The van der Waals surface area contributed by atoms with Crippen LogP contribution in [0.15, 0.2) is 0 Å². The van der Waals surface area contributed by atoms with Gasteiger partial charge in [0, 0.05) is 25.0 Å². The Balaban J connectivity index is 2.31. The number of likely N-dealkylation sites (tertiary alicyclic amines) is 1. The van der Waals surface area contributed by atoms with Crippen molar-refractivity contribution in [2.24, 2.45) is 5.92 Å². The van der Waals surface area contributed by atoms with Gasteiger partial charge in [0.15, 0.2) is 0 Å². The van der Waals surface area contributed by atoms with Crippen molar-refractivity contribution in [1.29, 1.82) is 0 Å². The highest BCUT2D eigenvalue weighted by Crippen LogP contribution is 2.16. The van der Waals surface area contributed by atoms with Crippen LogP contribution in [0.2, 0.25) is 0 Å². The van der Waals surface area contributed by atoms with Crippen LogP contribution in [0, 0.1) is 5.92 Å². The van der Waals surface area contributed by atoms with Gasteiger partial charge in [-0.3, -0.25) is 9.59 Å². The summed E-state index contributed by atoms with van der Waals surface area (Å²) in [5.74, 6) is -0.969. The molecule has 5 heteroatoms. The molecular formula is C13H24N2O3. The maximum Gasteiger partial charge on any atom is 0.307 e. The van der Waals surface area contributed by atoms with Crippen LogP contribution in [0.25, 0.3) is 0 Å². The molecule has 0 aromatic carbocycles. The lowest BCUT2D eigenvalue weighted by Crippen LogP contribution is -2.44. The predicted octanol–water partition coefficient (Wildman–Crippen LogP) is 1.09. The number of nitrogens with one attached hydrogen (secondary N) is 1. The number of carboxylic acid groups (broad SMARTS) is 1. The van der Waals surface area contributed by atoms with Crippen LogP contribution in [-0.2, 0) is 9.59 Å². The topological polar surface area (TPSA) is 69.6 Å². The Bertz CT molecular complexity index is 310. The molecule has 0 aliphatic carbocycles. The highest BCUT2D eigenvalue weighted by molar-refractivity contribution is 5.76. The molecule has 1 aliphatic rings. The number of carbonyl (C=O) groups is 2. The molecule has 1 amide bonds. The number of amides is 1. The Hall–Kier alpha value is -1.10. The Morgan fingerprint density at radius 3 is 2.61 bits per heavy atom. The first kappa shape index (κ1) is 15.0. The highest BCUT2D eigenvalue weighted by Gasteiger charge is 2.25. The van der Waals surface area contributed by atoms with Crippen molar-refractivity contribution in [3.63, 3.8) is 0 Å². The number of rotatable bonds is 4. The van der Waals surface area contributed by atoms with E-state index >= 15 is 0 Å². The molecule has 2 N–H and O–H groups in total. The summed E-state index contributed by atoms with van der Waals surface area (Å²) >= 11 is 0. The summed E-state index contributed by atoms with van der Waals surface area (Å²) in [6.07, 6.45) is 2.08. The van der Waals surface area contributed by atoms with E-state index in [-0.39, 0.29) is 17.4 Å². The Morgan fingerprint density at radius 1 is 1.39 bits per heavy atom. The molecule has 1 fully saturated rings. The number of piperidine rings is 1. The second-order valence-corrected chi connectivity index (χ2v) is 6.03. The van der Waals surface area contributed by atoms with Gasteiger partial charge in [-0.2, -0.15) is 0 Å². The van der Waals surface area contributed by atoms with Crippen molar-refractivity contribution in [1.82, 2.24) is 10.2 Å². The molecule has 1 rings (SSSR count). The Labute approximate surface area is 109 Å². The van der Waals surface area contributed by atoms with Crippen molar-refractivity contribution in [2.45, 2.75) is 45.6 Å². The third-order valence-electron chi connectivity index (χ3n) is 3.02. The standard InChI is InChI=1S/C13H24N2O3/c1-13(2,3)14-11(16)6-8-15-7-4-5-10(9-15)12(17)18/h10H,4-9H2,1-3H3,(H,14,16)(H,17,18). The summed E-state index contributed by atoms with van der Waals surface area (Å²) in [4.78, 5) is 24.7. The quantitative estimate of drug-likeness (QED) is 0.790. The lowest BCUT2D eigenvalue weighted by Gasteiger charge is -2.30. The van der Waals surface area contributed by atoms with Gasteiger partial charge in [-0.1, -0.05) is 0 Å². The number of nitrogens with zero attached hydrogens (tertiary/aromatic N) is 1. The van der Waals surface area contributed by atoms with Crippen molar-refractivity contribution >= 4 is 11.9 Å². The monoisotopic (exact) mass is 256 g/mol. The summed E-state index contributed by atoms with van der Waals surface area (Å²) in [5, 5.41) is 11.9. The van der Waals surface area contributed by atoms with Gasteiger partial charge in [-0.05, 0) is 40.2 Å². The van der Waals surface area contributed by atoms with Crippen LogP contribution in [0.1, 0.15) is 40.0 Å². The Morgan fingerprint density at radius 2 is 2.06 bits per heavy atom. The molecule has 0 spiro atoms. The molecule has 1 atom stereocenters. The summed E-state index contributed by atoms with van der Waals surface area (Å²) in [6.45, 7) is 7.96. The van der Waals surface area contributed by atoms with Crippen LogP contribution >= 0.6 is 0 Å². The first-order valence-electron chi connectivity index (χ1n) is 6.54. The second kappa shape index (κ2) is 6.18. The average molecular weight is 256 g/mol. The van der Waals surface area contributed by atoms with E-state index in [1.807, 2.05) is 20.8 Å². The van der Waals surface area contributed by atoms with E-state index in [1.165, 1.54) is 0 Å². The summed E-state index contributed by atoms with van der Waals surface area (Å²) in [5.41, 5.74) is -0.206. The zero-order chi connectivity index (χ0) is 13.8. The van der Waals surface area contributed by atoms with E-state index in [0.29, 0.717) is 19.5 Å². The van der Waals surface area contributed by atoms with Crippen molar-refractivity contribution in [3.8, 4) is 0 Å². The highest BCUT2D eigenvalue weighted by atomic mass is 16.4. The molecular weight excluding hydrogens is 232 g/mol. The molecule has 1 heterocycles. The van der Waals surface area contributed by atoms with Gasteiger partial charge in [0.2, 0.25) is 5.91 Å². The fourth-order valence-electron chi connectivity index (χ4n) is 2.20. The van der Waals surface area contributed by atoms with E-state index in [2.05, 4.69) is 10.2 Å². The van der Waals surface area contributed by atoms with Gasteiger partial charge in [0.1, 0.15) is 0 Å². The maximum atomic E-state index is 11.7. The Kier molecular flexibility index (Phi) is 5.14. The molecule has 1 saturated heterocycles. The minimum Gasteiger partial charge on any atom is -0.481 e. The van der Waals surface area contributed by atoms with E-state index in [1.54, 1.807) is 0 Å². The first-order chi connectivity index (χ1) is 8.28. The number of carbonyl (C=O) groups excluding carboxylic acids is 1. The van der Waals surface area contributed by atoms with Gasteiger partial charge >= 0.3 is 5.97 Å². The number of hydrogen-bond donors (Lipinski definition) is 2. The van der Waals surface area contributed by atoms with Gasteiger partial charge in [0.25, 0.3) is 0 Å². The van der Waals surface area contributed by atoms with E-state index in [0.717, 1.165) is 19.4 Å². The SMILES string of the molecule is CC(C)(C)NC(=O)CCN1CCCC(C(=O)O)C1. The van der Waals surface area contributed by atoms with Gasteiger partial charge in [-0.15, -0.1) is 0 Å². The third kappa shape index (κ3) is 5.49. The number of aliphatic carboxylic acids is 1. The smallest absolute Gasteiger partial charge is 0.307 e. The summed E-state index contributed by atoms with van der Waals surface area (Å²) < 4.78 is 0. The molecule has 18 heavy (non-hydrogen) atoms. The molecule has 0 radical (unpaired) electrons. The van der Waals surface area contributed by atoms with Crippen LogP contribution in [0.3, 0.4) is 0 Å². The van der Waals surface area contributed by atoms with Gasteiger partial charge in [0.05, 0.1) is 5.92 Å². The summed E-state index contributed by atoms with van der Waals surface area (Å²) in [7, 11) is 0. The van der Waals surface area contributed by atoms with Crippen molar-refractivity contribution in [3.05, 3.63) is 0 Å². The van der Waals surface area contributed by atoms with Crippen LogP contribution in [0.5, 0.6) is 0 Å². The number of hydrogen-bond acceptors (Lipinski definition) is 3. The first-order valence-corrected chi connectivity index (χ1v) is 6.54. The molecule has 0 aromatic rings. The molecule has 0 aromatic heterocycles. The lowest BCUT2D eigenvalue weighted by atomic mass is 9.98. The van der Waals surface area contributed by atoms with E-state index < -0.39 is 5.97 Å². The normalized spacial score (nSPS) is 21.6. The van der Waals surface area contributed by atoms with Crippen LogP contribution in [-0.4, -0.2) is 47.1 Å². The van der Waals surface area contributed by atoms with Gasteiger partial charge < -0.3 is 15.3 Å². The van der Waals surface area contributed by atoms with E-state index in [4.69, 9.17) is 5.11 Å². The van der Waals surface area contributed by atoms with Crippen LogP contribution < -0.4 is 5.32 Å². The van der Waals surface area contributed by atoms with Crippen molar-refractivity contribution in [2.75, 3.05) is 19.6 Å².